The Morgan fingerprint density at radius 1 is 0.674 bits per heavy atom. The number of hydrogen-bond acceptors (Lipinski definition) is 4. The number of halogens is 1. The molecule has 0 radical (unpaired) electrons. The van der Waals surface area contributed by atoms with Crippen LogP contribution in [-0.2, 0) is 0 Å². The van der Waals surface area contributed by atoms with Crippen molar-refractivity contribution in [1.82, 2.24) is 9.97 Å². The van der Waals surface area contributed by atoms with Crippen LogP contribution in [0, 0.1) is 33.5 Å². The first-order valence-electron chi connectivity index (χ1n) is 15.6. The average molecular weight is 608 g/mol. The van der Waals surface area contributed by atoms with Crippen molar-refractivity contribution < 1.29 is 9.50 Å². The third-order valence-electron chi connectivity index (χ3n) is 8.56. The molecule has 0 aliphatic carbocycles. The minimum atomic E-state index is -0.652. The van der Waals surface area contributed by atoms with Gasteiger partial charge in [-0.1, -0.05) is 74.5 Å². The number of aryl methyl sites for hydroxylation is 4. The van der Waals surface area contributed by atoms with Gasteiger partial charge in [0.15, 0.2) is 11.6 Å². The molecule has 0 unspecified atom stereocenters. The molecular weight excluding hydrogens is 569 g/mol. The summed E-state index contributed by atoms with van der Waals surface area (Å²) in [4.78, 5) is 12.1. The zero-order valence-electron chi connectivity index (χ0n) is 27.1. The lowest BCUT2D eigenvalue weighted by Gasteiger charge is -2.29. The molecule has 5 heteroatoms. The van der Waals surface area contributed by atoms with Gasteiger partial charge in [0.25, 0.3) is 0 Å². The second-order valence-electron chi connectivity index (χ2n) is 12.3. The summed E-state index contributed by atoms with van der Waals surface area (Å²) in [7, 11) is 0. The SMILES string of the molecule is Cc1cccc(C)c1-c1ccnc(-c2cccc(N(c3cccc(-c4cccc(F)c4O)c3)c3c(C)cc(C(C)C)cc3C)n2)c1. The maximum Gasteiger partial charge on any atom is 0.165 e. The zero-order valence-corrected chi connectivity index (χ0v) is 27.1. The fourth-order valence-corrected chi connectivity index (χ4v) is 6.30. The van der Waals surface area contributed by atoms with Gasteiger partial charge in [0.05, 0.1) is 17.1 Å². The van der Waals surface area contributed by atoms with Crippen LogP contribution in [-0.4, -0.2) is 15.1 Å². The predicted octanol–water partition coefficient (Wildman–Crippen LogP) is 11.1. The third kappa shape index (κ3) is 5.89. The normalized spacial score (nSPS) is 11.2. The molecule has 6 aromatic rings. The highest BCUT2D eigenvalue weighted by atomic mass is 19.1. The third-order valence-corrected chi connectivity index (χ3v) is 8.56. The first kappa shape index (κ1) is 30.7. The number of phenols is 1. The minimum absolute atomic E-state index is 0.366. The highest BCUT2D eigenvalue weighted by Crippen LogP contribution is 2.42. The molecule has 0 aliphatic heterocycles. The molecule has 2 heterocycles. The number of hydrogen-bond donors (Lipinski definition) is 1. The topological polar surface area (TPSA) is 49.2 Å². The molecule has 0 aliphatic rings. The van der Waals surface area contributed by atoms with E-state index in [2.05, 4.69) is 82.8 Å². The lowest BCUT2D eigenvalue weighted by atomic mass is 9.95. The molecule has 0 fully saturated rings. The number of anilines is 3. The number of benzene rings is 4. The molecule has 0 saturated carbocycles. The Morgan fingerprint density at radius 2 is 1.35 bits per heavy atom. The summed E-state index contributed by atoms with van der Waals surface area (Å²) in [5, 5.41) is 10.6. The summed E-state index contributed by atoms with van der Waals surface area (Å²) in [6, 6.07) is 33.4. The van der Waals surface area contributed by atoms with Gasteiger partial charge in [-0.05, 0) is 121 Å². The van der Waals surface area contributed by atoms with Gasteiger partial charge < -0.3 is 5.11 Å². The lowest BCUT2D eigenvalue weighted by Crippen LogP contribution is -2.15. The predicted molar refractivity (Wildman–Crippen MR) is 188 cm³/mol. The molecule has 0 saturated heterocycles. The number of aromatic nitrogens is 2. The van der Waals surface area contributed by atoms with E-state index >= 15 is 0 Å². The van der Waals surface area contributed by atoms with E-state index in [0.29, 0.717) is 17.0 Å². The highest BCUT2D eigenvalue weighted by Gasteiger charge is 2.21. The zero-order chi connectivity index (χ0) is 32.5. The van der Waals surface area contributed by atoms with E-state index in [1.807, 2.05) is 54.7 Å². The maximum atomic E-state index is 14.4. The summed E-state index contributed by atoms with van der Waals surface area (Å²) in [5.74, 6) is 0.0901. The van der Waals surface area contributed by atoms with Crippen molar-refractivity contribution in [2.45, 2.75) is 47.5 Å². The molecule has 0 spiro atoms. The number of aromatic hydroxyl groups is 1. The number of para-hydroxylation sites is 1. The van der Waals surface area contributed by atoms with E-state index in [1.54, 1.807) is 12.1 Å². The molecule has 4 aromatic carbocycles. The molecule has 0 bridgehead atoms. The van der Waals surface area contributed by atoms with Crippen LogP contribution in [0.15, 0.2) is 109 Å². The van der Waals surface area contributed by atoms with E-state index in [9.17, 15) is 9.50 Å². The molecule has 0 atom stereocenters. The van der Waals surface area contributed by atoms with Crippen LogP contribution in [0.3, 0.4) is 0 Å². The van der Waals surface area contributed by atoms with Crippen molar-refractivity contribution in [3.05, 3.63) is 143 Å². The first-order chi connectivity index (χ1) is 22.1. The van der Waals surface area contributed by atoms with E-state index < -0.39 is 5.82 Å². The number of pyridine rings is 2. The van der Waals surface area contributed by atoms with Crippen LogP contribution < -0.4 is 4.90 Å². The van der Waals surface area contributed by atoms with Crippen molar-refractivity contribution >= 4 is 17.2 Å². The minimum Gasteiger partial charge on any atom is -0.504 e. The largest absolute Gasteiger partial charge is 0.504 e. The Morgan fingerprint density at radius 3 is 2.07 bits per heavy atom. The molecule has 230 valence electrons. The summed E-state index contributed by atoms with van der Waals surface area (Å²) in [6.45, 7) is 12.9. The van der Waals surface area contributed by atoms with E-state index in [4.69, 9.17) is 9.97 Å². The highest BCUT2D eigenvalue weighted by molar-refractivity contribution is 5.83. The van der Waals surface area contributed by atoms with Crippen molar-refractivity contribution in [2.75, 3.05) is 4.90 Å². The average Bonchev–Trinajstić information content (AvgIpc) is 3.04. The lowest BCUT2D eigenvalue weighted by molar-refractivity contribution is 0.434. The van der Waals surface area contributed by atoms with Gasteiger partial charge >= 0.3 is 0 Å². The Balaban J connectivity index is 1.52. The number of phenolic OH excluding ortho intramolecular Hbond substituents is 1. The monoisotopic (exact) mass is 607 g/mol. The van der Waals surface area contributed by atoms with Crippen LogP contribution >= 0.6 is 0 Å². The van der Waals surface area contributed by atoms with Crippen molar-refractivity contribution in [3.63, 3.8) is 0 Å². The number of rotatable bonds is 7. The molecular formula is C41H38FN3O. The second kappa shape index (κ2) is 12.6. The van der Waals surface area contributed by atoms with Crippen LogP contribution in [0.1, 0.15) is 47.6 Å². The molecule has 6 rings (SSSR count). The molecule has 2 aromatic heterocycles. The van der Waals surface area contributed by atoms with E-state index in [1.165, 1.54) is 28.3 Å². The summed E-state index contributed by atoms with van der Waals surface area (Å²) < 4.78 is 14.4. The molecule has 1 N–H and O–H groups in total. The van der Waals surface area contributed by atoms with Gasteiger partial charge in [-0.25, -0.2) is 9.37 Å². The summed E-state index contributed by atoms with van der Waals surface area (Å²) in [5.41, 5.74) is 12.8. The Labute approximate surface area is 270 Å². The second-order valence-corrected chi connectivity index (χ2v) is 12.3. The van der Waals surface area contributed by atoms with Gasteiger partial charge in [0.1, 0.15) is 5.82 Å². The summed E-state index contributed by atoms with van der Waals surface area (Å²) in [6.07, 6.45) is 1.84. The van der Waals surface area contributed by atoms with Crippen LogP contribution in [0.25, 0.3) is 33.6 Å². The molecule has 4 nitrogen and oxygen atoms in total. The van der Waals surface area contributed by atoms with Gasteiger partial charge in [-0.15, -0.1) is 0 Å². The van der Waals surface area contributed by atoms with E-state index in [0.717, 1.165) is 45.3 Å². The first-order valence-corrected chi connectivity index (χ1v) is 15.6. The maximum absolute atomic E-state index is 14.4. The number of nitrogens with zero attached hydrogens (tertiary/aromatic N) is 3. The van der Waals surface area contributed by atoms with Crippen LogP contribution in [0.5, 0.6) is 5.75 Å². The fourth-order valence-electron chi connectivity index (χ4n) is 6.30. The summed E-state index contributed by atoms with van der Waals surface area (Å²) >= 11 is 0. The van der Waals surface area contributed by atoms with Crippen LogP contribution in [0.4, 0.5) is 21.6 Å². The fraction of sp³-hybridized carbons (Fsp3) is 0.171. The van der Waals surface area contributed by atoms with Crippen molar-refractivity contribution in [2.24, 2.45) is 0 Å². The quantitative estimate of drug-likeness (QED) is 0.196. The Hall–Kier alpha value is -5.29. The Bertz CT molecular complexity index is 2020. The van der Waals surface area contributed by atoms with Gasteiger partial charge in [-0.2, -0.15) is 0 Å². The standard InChI is InChI=1S/C41H38FN3O/c1-25(2)32-21-28(5)40(29(6)22-32)45(33-14-8-13-30(23-33)34-15-9-16-35(42)41(34)46)38-18-10-17-36(44-38)37-24-31(19-20-43-37)39-26(3)11-7-12-27(39)4/h7-25,46H,1-6H3. The van der Waals surface area contributed by atoms with E-state index in [-0.39, 0.29) is 5.75 Å². The van der Waals surface area contributed by atoms with Gasteiger partial charge in [0.2, 0.25) is 0 Å². The van der Waals surface area contributed by atoms with Gasteiger partial charge in [-0.3, -0.25) is 9.88 Å². The van der Waals surface area contributed by atoms with Crippen LogP contribution in [0.2, 0.25) is 0 Å². The van der Waals surface area contributed by atoms with Crippen molar-refractivity contribution in [3.8, 4) is 39.4 Å². The smallest absolute Gasteiger partial charge is 0.165 e. The van der Waals surface area contributed by atoms with Gasteiger partial charge in [0, 0.05) is 17.4 Å². The molecule has 46 heavy (non-hydrogen) atoms. The molecule has 0 amide bonds. The Kier molecular flexibility index (Phi) is 8.42. The van der Waals surface area contributed by atoms with Crippen molar-refractivity contribution in [1.29, 1.82) is 0 Å².